The van der Waals surface area contributed by atoms with Gasteiger partial charge in [-0.3, -0.25) is 4.79 Å². The van der Waals surface area contributed by atoms with Crippen LogP contribution in [0.3, 0.4) is 0 Å². The predicted octanol–water partition coefficient (Wildman–Crippen LogP) is 4.50. The summed E-state index contributed by atoms with van der Waals surface area (Å²) < 4.78 is 4.67. The molecule has 0 saturated carbocycles. The van der Waals surface area contributed by atoms with Crippen molar-refractivity contribution in [2.75, 3.05) is 12.4 Å². The molecule has 1 N–H and O–H groups in total. The van der Waals surface area contributed by atoms with E-state index in [0.29, 0.717) is 26.2 Å². The normalized spacial score (nSPS) is 10.3. The second-order valence-corrected chi connectivity index (χ2v) is 6.47. The molecule has 1 aromatic heterocycles. The number of carbonyl (C=O) groups is 2. The standard InChI is InChI=1S/C18H13ClN2O3S/c1-24-18(23)11-5-4-6-12(9-11)21-16(22)15-10-20-17(25-15)13-7-2-3-8-14(13)19/h2-10H,1H3,(H,21,22). The van der Waals surface area contributed by atoms with Crippen molar-refractivity contribution in [2.45, 2.75) is 0 Å². The van der Waals surface area contributed by atoms with Gasteiger partial charge >= 0.3 is 5.97 Å². The SMILES string of the molecule is COC(=O)c1cccc(NC(=O)c2cnc(-c3ccccc3Cl)s2)c1. The zero-order valence-corrected chi connectivity index (χ0v) is 14.7. The van der Waals surface area contributed by atoms with Crippen molar-refractivity contribution in [1.82, 2.24) is 4.98 Å². The quantitative estimate of drug-likeness (QED) is 0.684. The fourth-order valence-electron chi connectivity index (χ4n) is 2.17. The minimum absolute atomic E-state index is 0.308. The van der Waals surface area contributed by atoms with Gasteiger partial charge in [0.2, 0.25) is 0 Å². The van der Waals surface area contributed by atoms with Crippen molar-refractivity contribution in [2.24, 2.45) is 0 Å². The number of methoxy groups -OCH3 is 1. The summed E-state index contributed by atoms with van der Waals surface area (Å²) in [6.07, 6.45) is 1.50. The molecule has 0 saturated heterocycles. The molecule has 3 aromatic rings. The molecule has 0 spiro atoms. The van der Waals surface area contributed by atoms with E-state index in [4.69, 9.17) is 11.6 Å². The summed E-state index contributed by atoms with van der Waals surface area (Å²) in [5, 5.41) is 3.99. The van der Waals surface area contributed by atoms with E-state index in [1.54, 1.807) is 30.3 Å². The van der Waals surface area contributed by atoms with Crippen LogP contribution in [0, 0.1) is 0 Å². The van der Waals surface area contributed by atoms with Gasteiger partial charge in [-0.05, 0) is 24.3 Å². The van der Waals surface area contributed by atoms with Crippen LogP contribution in [0.2, 0.25) is 5.02 Å². The Labute approximate surface area is 153 Å². The lowest BCUT2D eigenvalue weighted by Gasteiger charge is -2.05. The van der Waals surface area contributed by atoms with Crippen LogP contribution in [0.4, 0.5) is 5.69 Å². The third-order valence-electron chi connectivity index (χ3n) is 3.38. The first-order valence-electron chi connectivity index (χ1n) is 7.29. The van der Waals surface area contributed by atoms with Crippen LogP contribution in [-0.2, 0) is 4.74 Å². The Morgan fingerprint density at radius 1 is 1.16 bits per heavy atom. The van der Waals surface area contributed by atoms with Crippen molar-refractivity contribution in [1.29, 1.82) is 0 Å². The molecule has 7 heteroatoms. The van der Waals surface area contributed by atoms with E-state index >= 15 is 0 Å². The molecule has 126 valence electrons. The van der Waals surface area contributed by atoms with E-state index < -0.39 is 5.97 Å². The monoisotopic (exact) mass is 372 g/mol. The third kappa shape index (κ3) is 3.87. The number of esters is 1. The number of nitrogens with one attached hydrogen (secondary N) is 1. The Bertz CT molecular complexity index is 939. The number of amides is 1. The molecule has 5 nitrogen and oxygen atoms in total. The molecule has 0 aliphatic carbocycles. The number of aromatic nitrogens is 1. The van der Waals surface area contributed by atoms with Crippen LogP contribution < -0.4 is 5.32 Å². The molecular formula is C18H13ClN2O3S. The molecule has 25 heavy (non-hydrogen) atoms. The maximum atomic E-state index is 12.4. The zero-order chi connectivity index (χ0) is 17.8. The van der Waals surface area contributed by atoms with Gasteiger partial charge in [-0.2, -0.15) is 0 Å². The van der Waals surface area contributed by atoms with Gasteiger partial charge in [-0.1, -0.05) is 35.9 Å². The molecule has 0 aliphatic heterocycles. The smallest absolute Gasteiger partial charge is 0.337 e. The first-order valence-corrected chi connectivity index (χ1v) is 8.48. The maximum Gasteiger partial charge on any atom is 0.337 e. The van der Waals surface area contributed by atoms with Gasteiger partial charge in [0, 0.05) is 11.3 Å². The summed E-state index contributed by atoms with van der Waals surface area (Å²) in [4.78, 5) is 28.7. The molecular weight excluding hydrogens is 360 g/mol. The second kappa shape index (κ2) is 7.46. The van der Waals surface area contributed by atoms with Crippen LogP contribution in [0.25, 0.3) is 10.6 Å². The van der Waals surface area contributed by atoms with Crippen molar-refractivity contribution in [3.63, 3.8) is 0 Å². The highest BCUT2D eigenvalue weighted by Crippen LogP contribution is 2.31. The predicted molar refractivity (Wildman–Crippen MR) is 98.3 cm³/mol. The highest BCUT2D eigenvalue weighted by molar-refractivity contribution is 7.17. The van der Waals surface area contributed by atoms with Crippen LogP contribution in [-0.4, -0.2) is 24.0 Å². The molecule has 0 unspecified atom stereocenters. The van der Waals surface area contributed by atoms with Crippen LogP contribution >= 0.6 is 22.9 Å². The van der Waals surface area contributed by atoms with E-state index in [-0.39, 0.29) is 5.91 Å². The second-order valence-electron chi connectivity index (χ2n) is 5.04. The van der Waals surface area contributed by atoms with Gasteiger partial charge in [0.05, 0.1) is 23.9 Å². The first-order chi connectivity index (χ1) is 12.1. The summed E-state index contributed by atoms with van der Waals surface area (Å²) in [5.41, 5.74) is 1.64. The van der Waals surface area contributed by atoms with E-state index in [9.17, 15) is 9.59 Å². The number of benzene rings is 2. The Morgan fingerprint density at radius 2 is 1.96 bits per heavy atom. The van der Waals surface area contributed by atoms with E-state index in [2.05, 4.69) is 15.0 Å². The van der Waals surface area contributed by atoms with Crippen molar-refractivity contribution in [3.05, 3.63) is 70.2 Å². The number of rotatable bonds is 4. The first kappa shape index (κ1) is 17.1. The molecule has 0 bridgehead atoms. The molecule has 2 aromatic carbocycles. The molecule has 3 rings (SSSR count). The van der Waals surface area contributed by atoms with Gasteiger partial charge in [0.25, 0.3) is 5.91 Å². The maximum absolute atomic E-state index is 12.4. The Balaban J connectivity index is 1.79. The van der Waals surface area contributed by atoms with E-state index in [0.717, 1.165) is 5.56 Å². The number of hydrogen-bond donors (Lipinski definition) is 1. The van der Waals surface area contributed by atoms with Crippen LogP contribution in [0.15, 0.2) is 54.7 Å². The average Bonchev–Trinajstić information content (AvgIpc) is 3.11. The topological polar surface area (TPSA) is 68.3 Å². The lowest BCUT2D eigenvalue weighted by Crippen LogP contribution is -2.11. The molecule has 0 atom stereocenters. The number of carbonyl (C=O) groups excluding carboxylic acids is 2. The summed E-state index contributed by atoms with van der Waals surface area (Å²) in [5.74, 6) is -0.771. The number of hydrogen-bond acceptors (Lipinski definition) is 5. The average molecular weight is 373 g/mol. The number of thiazole rings is 1. The molecule has 0 aliphatic rings. The van der Waals surface area contributed by atoms with Crippen LogP contribution in [0.1, 0.15) is 20.0 Å². The fourth-order valence-corrected chi connectivity index (χ4v) is 3.30. The lowest BCUT2D eigenvalue weighted by atomic mass is 10.2. The Kier molecular flexibility index (Phi) is 5.11. The summed E-state index contributed by atoms with van der Waals surface area (Å²) in [7, 11) is 1.31. The molecule has 1 amide bonds. The summed E-state index contributed by atoms with van der Waals surface area (Å²) in [6, 6.07) is 13.9. The highest BCUT2D eigenvalue weighted by atomic mass is 35.5. The number of nitrogens with zero attached hydrogens (tertiary/aromatic N) is 1. The lowest BCUT2D eigenvalue weighted by molar-refractivity contribution is 0.0600. The molecule has 0 radical (unpaired) electrons. The van der Waals surface area contributed by atoms with Crippen molar-refractivity contribution < 1.29 is 14.3 Å². The van der Waals surface area contributed by atoms with Gasteiger partial charge in [0.15, 0.2) is 0 Å². The minimum Gasteiger partial charge on any atom is -0.465 e. The molecule has 0 fully saturated rings. The fraction of sp³-hybridized carbons (Fsp3) is 0.0556. The molecule has 1 heterocycles. The minimum atomic E-state index is -0.463. The Morgan fingerprint density at radius 3 is 2.72 bits per heavy atom. The summed E-state index contributed by atoms with van der Waals surface area (Å²) in [6.45, 7) is 0. The van der Waals surface area contributed by atoms with E-state index in [1.807, 2.05) is 18.2 Å². The van der Waals surface area contributed by atoms with Gasteiger partial charge < -0.3 is 10.1 Å². The highest BCUT2D eigenvalue weighted by Gasteiger charge is 2.14. The van der Waals surface area contributed by atoms with Gasteiger partial charge in [0.1, 0.15) is 9.88 Å². The van der Waals surface area contributed by atoms with E-state index in [1.165, 1.54) is 24.6 Å². The van der Waals surface area contributed by atoms with Crippen LogP contribution in [0.5, 0.6) is 0 Å². The van der Waals surface area contributed by atoms with Crippen molar-refractivity contribution in [3.8, 4) is 10.6 Å². The Hall–Kier alpha value is -2.70. The van der Waals surface area contributed by atoms with Crippen molar-refractivity contribution >= 4 is 40.5 Å². The number of anilines is 1. The number of ether oxygens (including phenoxy) is 1. The summed E-state index contributed by atoms with van der Waals surface area (Å²) >= 11 is 7.40. The number of halogens is 1. The third-order valence-corrected chi connectivity index (χ3v) is 4.73. The zero-order valence-electron chi connectivity index (χ0n) is 13.2. The largest absolute Gasteiger partial charge is 0.465 e. The van der Waals surface area contributed by atoms with Gasteiger partial charge in [-0.25, -0.2) is 9.78 Å². The van der Waals surface area contributed by atoms with Gasteiger partial charge in [-0.15, -0.1) is 11.3 Å².